The van der Waals surface area contributed by atoms with Crippen LogP contribution < -0.4 is 5.32 Å². The van der Waals surface area contributed by atoms with Crippen LogP contribution >= 0.6 is 11.3 Å². The first-order chi connectivity index (χ1) is 12.5. The zero-order valence-electron chi connectivity index (χ0n) is 14.6. The number of carbonyl (C=O) groups excluding carboxylic acids is 3. The topological polar surface area (TPSA) is 82.6 Å². The van der Waals surface area contributed by atoms with Crippen LogP contribution in [0, 0.1) is 6.92 Å². The van der Waals surface area contributed by atoms with Gasteiger partial charge in [-0.1, -0.05) is 12.1 Å². The summed E-state index contributed by atoms with van der Waals surface area (Å²) in [5.74, 6) is -0.281. The van der Waals surface area contributed by atoms with E-state index >= 15 is 0 Å². The Morgan fingerprint density at radius 1 is 1.35 bits per heavy atom. The third kappa shape index (κ3) is 3.45. The SMILES string of the molecule is CNC(=O)c1cccc([C@H]2CN(C=O)CCN2C(=O)c2scnc2C)c1. The molecule has 0 aliphatic carbocycles. The monoisotopic (exact) mass is 372 g/mol. The maximum absolute atomic E-state index is 13.0. The molecule has 0 radical (unpaired) electrons. The molecule has 136 valence electrons. The highest BCUT2D eigenvalue weighted by Crippen LogP contribution is 2.29. The van der Waals surface area contributed by atoms with Crippen LogP contribution in [0.1, 0.15) is 37.3 Å². The number of aryl methyl sites for hydroxylation is 1. The standard InChI is InChI=1S/C18H20N4O3S/c1-12-16(26-10-20-12)18(25)22-7-6-21(11-23)9-15(22)13-4-3-5-14(8-13)17(24)19-2/h3-5,8,10-11,15H,6-7,9H2,1-2H3,(H,19,24)/t15-/m1/s1. The third-order valence-electron chi connectivity index (χ3n) is 4.52. The van der Waals surface area contributed by atoms with Gasteiger partial charge in [-0.3, -0.25) is 14.4 Å². The number of nitrogens with one attached hydrogen (secondary N) is 1. The summed E-state index contributed by atoms with van der Waals surface area (Å²) in [6.45, 7) is 3.12. The normalized spacial score (nSPS) is 17.1. The summed E-state index contributed by atoms with van der Waals surface area (Å²) in [6.07, 6.45) is 0.801. The van der Waals surface area contributed by atoms with Crippen molar-refractivity contribution in [2.24, 2.45) is 0 Å². The number of carbonyl (C=O) groups is 3. The number of benzene rings is 1. The van der Waals surface area contributed by atoms with Crippen LogP contribution in [0.25, 0.3) is 0 Å². The molecule has 26 heavy (non-hydrogen) atoms. The Bertz CT molecular complexity index is 835. The first-order valence-electron chi connectivity index (χ1n) is 8.27. The van der Waals surface area contributed by atoms with Crippen molar-refractivity contribution in [3.63, 3.8) is 0 Å². The molecule has 2 aromatic rings. The fourth-order valence-electron chi connectivity index (χ4n) is 3.10. The van der Waals surface area contributed by atoms with Crippen molar-refractivity contribution in [2.75, 3.05) is 26.7 Å². The second kappa shape index (κ2) is 7.65. The molecule has 3 rings (SSSR count). The van der Waals surface area contributed by atoms with E-state index in [-0.39, 0.29) is 17.9 Å². The lowest BCUT2D eigenvalue weighted by Gasteiger charge is -2.40. The minimum Gasteiger partial charge on any atom is -0.355 e. The highest BCUT2D eigenvalue weighted by atomic mass is 32.1. The molecule has 8 heteroatoms. The summed E-state index contributed by atoms with van der Waals surface area (Å²) in [4.78, 5) is 44.5. The van der Waals surface area contributed by atoms with Gasteiger partial charge in [-0.15, -0.1) is 11.3 Å². The molecule has 2 heterocycles. The molecule has 1 aromatic carbocycles. The van der Waals surface area contributed by atoms with Gasteiger partial charge in [0.2, 0.25) is 6.41 Å². The van der Waals surface area contributed by atoms with Crippen LogP contribution in [-0.2, 0) is 4.79 Å². The van der Waals surface area contributed by atoms with Gasteiger partial charge in [0.1, 0.15) is 4.88 Å². The summed E-state index contributed by atoms with van der Waals surface area (Å²) >= 11 is 1.32. The van der Waals surface area contributed by atoms with E-state index in [1.807, 2.05) is 13.0 Å². The van der Waals surface area contributed by atoms with Crippen molar-refractivity contribution in [3.8, 4) is 0 Å². The molecule has 3 amide bonds. The number of piperazine rings is 1. The van der Waals surface area contributed by atoms with Crippen LogP contribution in [0.15, 0.2) is 29.8 Å². The lowest BCUT2D eigenvalue weighted by molar-refractivity contribution is -0.120. The van der Waals surface area contributed by atoms with Crippen molar-refractivity contribution in [3.05, 3.63) is 51.5 Å². The Balaban J connectivity index is 1.96. The minimum absolute atomic E-state index is 0.0918. The molecule has 0 saturated carbocycles. The molecule has 0 unspecified atom stereocenters. The van der Waals surface area contributed by atoms with Crippen LogP contribution in [0.2, 0.25) is 0 Å². The van der Waals surface area contributed by atoms with E-state index < -0.39 is 0 Å². The van der Waals surface area contributed by atoms with Crippen molar-refractivity contribution in [1.82, 2.24) is 20.1 Å². The molecule has 1 fully saturated rings. The maximum atomic E-state index is 13.0. The Kier molecular flexibility index (Phi) is 5.32. The lowest BCUT2D eigenvalue weighted by Crippen LogP contribution is -2.50. The molecule has 0 spiro atoms. The zero-order chi connectivity index (χ0) is 18.7. The van der Waals surface area contributed by atoms with E-state index in [4.69, 9.17) is 0 Å². The van der Waals surface area contributed by atoms with Gasteiger partial charge >= 0.3 is 0 Å². The number of hydrogen-bond donors (Lipinski definition) is 1. The summed E-state index contributed by atoms with van der Waals surface area (Å²) in [5, 5.41) is 2.60. The van der Waals surface area contributed by atoms with Gasteiger partial charge in [0.05, 0.1) is 17.2 Å². The average Bonchev–Trinajstić information content (AvgIpc) is 3.12. The average molecular weight is 372 g/mol. The molecule has 1 aliphatic heterocycles. The number of rotatable bonds is 4. The number of amides is 3. The zero-order valence-corrected chi connectivity index (χ0v) is 15.5. The van der Waals surface area contributed by atoms with Crippen molar-refractivity contribution in [1.29, 1.82) is 0 Å². The van der Waals surface area contributed by atoms with E-state index in [9.17, 15) is 14.4 Å². The van der Waals surface area contributed by atoms with Crippen LogP contribution in [-0.4, -0.2) is 59.7 Å². The van der Waals surface area contributed by atoms with Crippen LogP contribution in [0.3, 0.4) is 0 Å². The second-order valence-corrected chi connectivity index (χ2v) is 6.94. The molecular weight excluding hydrogens is 352 g/mol. The van der Waals surface area contributed by atoms with E-state index in [0.29, 0.717) is 35.8 Å². The summed E-state index contributed by atoms with van der Waals surface area (Å²) < 4.78 is 0. The Labute approximate surface area is 155 Å². The van der Waals surface area contributed by atoms with E-state index in [2.05, 4.69) is 10.3 Å². The first-order valence-corrected chi connectivity index (χ1v) is 9.15. The second-order valence-electron chi connectivity index (χ2n) is 6.09. The highest BCUT2D eigenvalue weighted by molar-refractivity contribution is 7.11. The molecular formula is C18H20N4O3S. The molecule has 1 saturated heterocycles. The van der Waals surface area contributed by atoms with Crippen molar-refractivity contribution < 1.29 is 14.4 Å². The van der Waals surface area contributed by atoms with Gasteiger partial charge < -0.3 is 15.1 Å². The van der Waals surface area contributed by atoms with Crippen LogP contribution in [0.4, 0.5) is 0 Å². The predicted octanol–water partition coefficient (Wildman–Crippen LogP) is 1.47. The number of nitrogens with zero attached hydrogens (tertiary/aromatic N) is 3. The van der Waals surface area contributed by atoms with Gasteiger partial charge in [0.15, 0.2) is 0 Å². The first kappa shape index (κ1) is 18.1. The van der Waals surface area contributed by atoms with E-state index in [1.165, 1.54) is 11.3 Å². The molecule has 1 N–H and O–H groups in total. The Morgan fingerprint density at radius 3 is 2.81 bits per heavy atom. The van der Waals surface area contributed by atoms with Gasteiger partial charge in [0.25, 0.3) is 11.8 Å². The third-order valence-corrected chi connectivity index (χ3v) is 5.44. The maximum Gasteiger partial charge on any atom is 0.266 e. The van der Waals surface area contributed by atoms with Gasteiger partial charge in [0, 0.05) is 32.2 Å². The quantitative estimate of drug-likeness (QED) is 0.824. The summed E-state index contributed by atoms with van der Waals surface area (Å²) in [5.41, 5.74) is 3.71. The molecule has 1 aliphatic rings. The molecule has 1 atom stereocenters. The van der Waals surface area contributed by atoms with Crippen LogP contribution in [0.5, 0.6) is 0 Å². The Morgan fingerprint density at radius 2 is 2.15 bits per heavy atom. The van der Waals surface area contributed by atoms with Gasteiger partial charge in [-0.25, -0.2) is 4.98 Å². The van der Waals surface area contributed by atoms with E-state index in [1.54, 1.807) is 40.6 Å². The van der Waals surface area contributed by atoms with Crippen molar-refractivity contribution in [2.45, 2.75) is 13.0 Å². The number of hydrogen-bond acceptors (Lipinski definition) is 5. The molecule has 7 nitrogen and oxygen atoms in total. The molecule has 0 bridgehead atoms. The van der Waals surface area contributed by atoms with Gasteiger partial charge in [-0.2, -0.15) is 0 Å². The van der Waals surface area contributed by atoms with E-state index in [0.717, 1.165) is 12.0 Å². The fourth-order valence-corrected chi connectivity index (χ4v) is 3.85. The fraction of sp³-hybridized carbons (Fsp3) is 0.333. The molecule has 1 aromatic heterocycles. The smallest absolute Gasteiger partial charge is 0.266 e. The summed E-state index contributed by atoms with van der Waals surface area (Å²) in [7, 11) is 1.58. The number of aromatic nitrogens is 1. The predicted molar refractivity (Wildman–Crippen MR) is 98.1 cm³/mol. The number of thiazole rings is 1. The largest absolute Gasteiger partial charge is 0.355 e. The highest BCUT2D eigenvalue weighted by Gasteiger charge is 2.33. The Hall–Kier alpha value is -2.74. The summed E-state index contributed by atoms with van der Waals surface area (Å²) in [6, 6.07) is 6.86. The van der Waals surface area contributed by atoms with Gasteiger partial charge in [-0.05, 0) is 24.6 Å². The van der Waals surface area contributed by atoms with Crippen molar-refractivity contribution >= 4 is 29.6 Å². The minimum atomic E-state index is -0.312. The lowest BCUT2D eigenvalue weighted by atomic mass is 9.99.